The number of aromatic nitrogens is 1. The van der Waals surface area contributed by atoms with E-state index >= 15 is 0 Å². The van der Waals surface area contributed by atoms with Crippen molar-refractivity contribution >= 4 is 10.0 Å². The van der Waals surface area contributed by atoms with Gasteiger partial charge in [0.2, 0.25) is 10.0 Å². The lowest BCUT2D eigenvalue weighted by molar-refractivity contribution is 0.0213. The zero-order valence-electron chi connectivity index (χ0n) is 12.0. The van der Waals surface area contributed by atoms with Gasteiger partial charge in [-0.05, 0) is 20.8 Å². The molecular weight excluding hydrogens is 282 g/mol. The van der Waals surface area contributed by atoms with E-state index in [1.54, 1.807) is 13.8 Å². The molecule has 0 aromatic carbocycles. The summed E-state index contributed by atoms with van der Waals surface area (Å²) >= 11 is 0. The highest BCUT2D eigenvalue weighted by atomic mass is 32.2. The van der Waals surface area contributed by atoms with Crippen LogP contribution in [-0.2, 0) is 14.8 Å². The first kappa shape index (κ1) is 15.4. The summed E-state index contributed by atoms with van der Waals surface area (Å²) < 4.78 is 37.4. The van der Waals surface area contributed by atoms with E-state index in [0.717, 1.165) is 13.1 Å². The Balaban J connectivity index is 1.99. The van der Waals surface area contributed by atoms with Crippen molar-refractivity contribution in [2.24, 2.45) is 0 Å². The van der Waals surface area contributed by atoms with Crippen molar-refractivity contribution in [1.82, 2.24) is 14.8 Å². The second-order valence-corrected chi connectivity index (χ2v) is 6.71. The van der Waals surface area contributed by atoms with E-state index in [1.165, 1.54) is 0 Å². The predicted molar refractivity (Wildman–Crippen MR) is 73.0 cm³/mol. The molecule has 7 nitrogen and oxygen atoms in total. The molecule has 1 aromatic rings. The third-order valence-electron chi connectivity index (χ3n) is 3.47. The lowest BCUT2D eigenvalue weighted by Crippen LogP contribution is -2.47. The van der Waals surface area contributed by atoms with Crippen LogP contribution < -0.4 is 4.72 Å². The molecule has 1 atom stereocenters. The van der Waals surface area contributed by atoms with Crippen LogP contribution in [0, 0.1) is 13.8 Å². The number of hydrogen-bond donors (Lipinski definition) is 1. The van der Waals surface area contributed by atoms with Crippen molar-refractivity contribution < 1.29 is 17.7 Å². The Morgan fingerprint density at radius 2 is 2.00 bits per heavy atom. The molecule has 20 heavy (non-hydrogen) atoms. The molecular formula is C12H21N3O4S. The summed E-state index contributed by atoms with van der Waals surface area (Å²) in [5.41, 5.74) is 0.383. The van der Waals surface area contributed by atoms with Crippen molar-refractivity contribution in [1.29, 1.82) is 0 Å². The van der Waals surface area contributed by atoms with Gasteiger partial charge in [0.15, 0.2) is 5.76 Å². The SMILES string of the molecule is Cc1noc(C)c1S(=O)(=O)NC[C@@H](C)N1CCOCC1. The molecule has 1 aliphatic rings. The topological polar surface area (TPSA) is 84.7 Å². The molecule has 2 heterocycles. The van der Waals surface area contributed by atoms with Crippen molar-refractivity contribution in [3.63, 3.8) is 0 Å². The standard InChI is InChI=1S/C12H21N3O4S/c1-9(15-4-6-18-7-5-15)8-13-20(16,17)12-10(2)14-19-11(12)3/h9,13H,4-8H2,1-3H3/t9-/m1/s1. The smallest absolute Gasteiger partial charge is 0.246 e. The highest BCUT2D eigenvalue weighted by molar-refractivity contribution is 7.89. The van der Waals surface area contributed by atoms with Gasteiger partial charge in [-0.15, -0.1) is 0 Å². The molecule has 1 aromatic heterocycles. The van der Waals surface area contributed by atoms with E-state index in [1.807, 2.05) is 6.92 Å². The minimum atomic E-state index is -3.58. The summed E-state index contributed by atoms with van der Waals surface area (Å²) in [6.07, 6.45) is 0. The van der Waals surface area contributed by atoms with Crippen molar-refractivity contribution in [3.8, 4) is 0 Å². The molecule has 1 fully saturated rings. The second kappa shape index (κ2) is 6.21. The summed E-state index contributed by atoms with van der Waals surface area (Å²) in [5, 5.41) is 3.68. The quantitative estimate of drug-likeness (QED) is 0.841. The summed E-state index contributed by atoms with van der Waals surface area (Å²) in [7, 11) is -3.58. The van der Waals surface area contributed by atoms with Gasteiger partial charge in [0.25, 0.3) is 0 Å². The molecule has 0 radical (unpaired) electrons. The Kier molecular flexibility index (Phi) is 4.79. The fourth-order valence-electron chi connectivity index (χ4n) is 2.31. The van der Waals surface area contributed by atoms with Gasteiger partial charge < -0.3 is 9.26 Å². The zero-order valence-corrected chi connectivity index (χ0v) is 12.9. The zero-order chi connectivity index (χ0) is 14.8. The van der Waals surface area contributed by atoms with Gasteiger partial charge in [0, 0.05) is 25.7 Å². The third kappa shape index (κ3) is 3.38. The van der Waals surface area contributed by atoms with E-state index in [2.05, 4.69) is 14.8 Å². The molecule has 1 aliphatic heterocycles. The van der Waals surface area contributed by atoms with E-state index in [4.69, 9.17) is 9.26 Å². The van der Waals surface area contributed by atoms with Crippen LogP contribution in [-0.4, -0.2) is 57.4 Å². The van der Waals surface area contributed by atoms with Gasteiger partial charge in [0.1, 0.15) is 10.6 Å². The predicted octanol–water partition coefficient (Wildman–Crippen LogP) is 0.290. The lowest BCUT2D eigenvalue weighted by atomic mass is 10.2. The van der Waals surface area contributed by atoms with Crippen LogP contribution in [0.2, 0.25) is 0 Å². The van der Waals surface area contributed by atoms with Crippen molar-refractivity contribution in [3.05, 3.63) is 11.5 Å². The Labute approximate surface area is 119 Å². The van der Waals surface area contributed by atoms with Gasteiger partial charge >= 0.3 is 0 Å². The fourth-order valence-corrected chi connectivity index (χ4v) is 3.75. The van der Waals surface area contributed by atoms with E-state index in [9.17, 15) is 8.42 Å². The first-order valence-corrected chi connectivity index (χ1v) is 8.14. The van der Waals surface area contributed by atoms with Crippen LogP contribution in [0.15, 0.2) is 9.42 Å². The molecule has 0 amide bonds. The van der Waals surface area contributed by atoms with Crippen LogP contribution in [0.4, 0.5) is 0 Å². The van der Waals surface area contributed by atoms with Crippen molar-refractivity contribution in [2.75, 3.05) is 32.8 Å². The second-order valence-electron chi connectivity index (χ2n) is 5.00. The van der Waals surface area contributed by atoms with Gasteiger partial charge in [-0.3, -0.25) is 4.90 Å². The van der Waals surface area contributed by atoms with Crippen molar-refractivity contribution in [2.45, 2.75) is 31.7 Å². The van der Waals surface area contributed by atoms with E-state index in [0.29, 0.717) is 31.2 Å². The average Bonchev–Trinajstić information content (AvgIpc) is 2.77. The molecule has 1 N–H and O–H groups in total. The minimum Gasteiger partial charge on any atom is -0.379 e. The number of sulfonamides is 1. The first-order valence-electron chi connectivity index (χ1n) is 6.66. The van der Waals surface area contributed by atoms with E-state index in [-0.39, 0.29) is 10.9 Å². The molecule has 0 unspecified atom stereocenters. The Bertz CT molecular complexity index is 530. The Hall–Kier alpha value is -0.960. The Morgan fingerprint density at radius 1 is 1.35 bits per heavy atom. The van der Waals surface area contributed by atoms with Gasteiger partial charge in [0.05, 0.1) is 13.2 Å². The number of rotatable bonds is 5. The molecule has 8 heteroatoms. The molecule has 2 rings (SSSR count). The van der Waals surface area contributed by atoms with E-state index < -0.39 is 10.0 Å². The fraction of sp³-hybridized carbons (Fsp3) is 0.750. The highest BCUT2D eigenvalue weighted by Crippen LogP contribution is 2.18. The Morgan fingerprint density at radius 3 is 2.55 bits per heavy atom. The third-order valence-corrected chi connectivity index (χ3v) is 5.14. The van der Waals surface area contributed by atoms with Crippen LogP contribution >= 0.6 is 0 Å². The molecule has 0 spiro atoms. The van der Waals surface area contributed by atoms with Crippen LogP contribution in [0.1, 0.15) is 18.4 Å². The number of hydrogen-bond acceptors (Lipinski definition) is 6. The van der Waals surface area contributed by atoms with Gasteiger partial charge in [-0.2, -0.15) is 0 Å². The minimum absolute atomic E-state index is 0.120. The normalized spacial score (nSPS) is 19.1. The first-order chi connectivity index (χ1) is 9.42. The highest BCUT2D eigenvalue weighted by Gasteiger charge is 2.25. The summed E-state index contributed by atoms with van der Waals surface area (Å²) in [6, 6.07) is 0.120. The molecule has 0 saturated carbocycles. The number of nitrogens with zero attached hydrogens (tertiary/aromatic N) is 2. The molecule has 0 aliphatic carbocycles. The number of nitrogens with one attached hydrogen (secondary N) is 1. The summed E-state index contributed by atoms with van der Waals surface area (Å²) in [4.78, 5) is 2.35. The average molecular weight is 303 g/mol. The van der Waals surface area contributed by atoms with Gasteiger partial charge in [-0.1, -0.05) is 5.16 Å². The summed E-state index contributed by atoms with van der Waals surface area (Å²) in [5.74, 6) is 0.314. The molecule has 1 saturated heterocycles. The number of ether oxygens (including phenoxy) is 1. The monoisotopic (exact) mass is 303 g/mol. The van der Waals surface area contributed by atoms with Gasteiger partial charge in [-0.25, -0.2) is 13.1 Å². The maximum absolute atomic E-state index is 12.3. The lowest BCUT2D eigenvalue weighted by Gasteiger charge is -2.32. The van der Waals surface area contributed by atoms with Crippen LogP contribution in [0.3, 0.4) is 0 Å². The number of morpholine rings is 1. The maximum Gasteiger partial charge on any atom is 0.246 e. The summed E-state index contributed by atoms with van der Waals surface area (Å²) in [6.45, 7) is 8.62. The van der Waals surface area contributed by atoms with Crippen LogP contribution in [0.25, 0.3) is 0 Å². The number of aryl methyl sites for hydroxylation is 2. The molecule has 114 valence electrons. The molecule has 0 bridgehead atoms. The largest absolute Gasteiger partial charge is 0.379 e. The van der Waals surface area contributed by atoms with Crippen LogP contribution in [0.5, 0.6) is 0 Å². The maximum atomic E-state index is 12.3.